The fraction of sp³-hybridized carbons (Fsp3) is 0.235. The van der Waals surface area contributed by atoms with Crippen LogP contribution in [0.4, 0.5) is 0 Å². The summed E-state index contributed by atoms with van der Waals surface area (Å²) in [7, 11) is 0. The lowest BCUT2D eigenvalue weighted by atomic mass is 9.79. The van der Waals surface area contributed by atoms with Gasteiger partial charge in [0.25, 0.3) is 0 Å². The van der Waals surface area contributed by atoms with Gasteiger partial charge in [-0.3, -0.25) is 4.79 Å². The SMILES string of the molecule is O=C(O)C1(Cc2cccc(Cl)c2)Cc2ccccc2C1. The van der Waals surface area contributed by atoms with Crippen LogP contribution in [0.25, 0.3) is 0 Å². The first kappa shape index (κ1) is 13.2. The lowest BCUT2D eigenvalue weighted by Crippen LogP contribution is -2.34. The van der Waals surface area contributed by atoms with Crippen molar-refractivity contribution in [2.45, 2.75) is 19.3 Å². The lowest BCUT2D eigenvalue weighted by Gasteiger charge is -2.24. The first-order valence-electron chi connectivity index (χ1n) is 6.64. The van der Waals surface area contributed by atoms with E-state index in [9.17, 15) is 9.90 Å². The monoisotopic (exact) mass is 286 g/mol. The summed E-state index contributed by atoms with van der Waals surface area (Å²) in [6.45, 7) is 0. The summed E-state index contributed by atoms with van der Waals surface area (Å²) in [6.07, 6.45) is 1.69. The van der Waals surface area contributed by atoms with Gasteiger partial charge in [-0.2, -0.15) is 0 Å². The molecule has 0 aromatic heterocycles. The molecule has 1 N–H and O–H groups in total. The Kier molecular flexibility index (Phi) is 3.27. The minimum atomic E-state index is -0.742. The van der Waals surface area contributed by atoms with E-state index in [-0.39, 0.29) is 0 Å². The van der Waals surface area contributed by atoms with Gasteiger partial charge in [0, 0.05) is 5.02 Å². The molecule has 102 valence electrons. The summed E-state index contributed by atoms with van der Waals surface area (Å²) in [5.74, 6) is -0.728. The van der Waals surface area contributed by atoms with E-state index >= 15 is 0 Å². The van der Waals surface area contributed by atoms with E-state index < -0.39 is 11.4 Å². The van der Waals surface area contributed by atoms with E-state index in [2.05, 4.69) is 0 Å². The molecule has 1 aliphatic carbocycles. The molecule has 0 amide bonds. The first-order valence-corrected chi connectivity index (χ1v) is 7.01. The van der Waals surface area contributed by atoms with Gasteiger partial charge in [-0.25, -0.2) is 0 Å². The van der Waals surface area contributed by atoms with Crippen molar-refractivity contribution in [2.75, 3.05) is 0 Å². The molecule has 0 aliphatic heterocycles. The maximum Gasteiger partial charge on any atom is 0.310 e. The Morgan fingerprint density at radius 2 is 1.75 bits per heavy atom. The number of fused-ring (bicyclic) bond motifs is 1. The van der Waals surface area contributed by atoms with Crippen molar-refractivity contribution in [3.8, 4) is 0 Å². The molecule has 2 aromatic carbocycles. The number of carbonyl (C=O) groups is 1. The van der Waals surface area contributed by atoms with Crippen LogP contribution in [0, 0.1) is 5.41 Å². The number of rotatable bonds is 3. The van der Waals surface area contributed by atoms with Crippen LogP contribution in [0.3, 0.4) is 0 Å². The average Bonchev–Trinajstić information content (AvgIpc) is 2.78. The molecule has 20 heavy (non-hydrogen) atoms. The Labute approximate surface area is 123 Å². The summed E-state index contributed by atoms with van der Waals surface area (Å²) < 4.78 is 0. The Hall–Kier alpha value is -1.80. The standard InChI is InChI=1S/C17H15ClO2/c18-15-7-3-4-12(8-15)9-17(16(19)20)10-13-5-1-2-6-14(13)11-17/h1-8H,9-11H2,(H,19,20). The summed E-state index contributed by atoms with van der Waals surface area (Å²) in [5, 5.41) is 10.4. The number of aliphatic carboxylic acids is 1. The van der Waals surface area contributed by atoms with Crippen molar-refractivity contribution < 1.29 is 9.90 Å². The molecule has 0 unspecified atom stereocenters. The Morgan fingerprint density at radius 1 is 1.10 bits per heavy atom. The van der Waals surface area contributed by atoms with Gasteiger partial charge in [-0.05, 0) is 48.1 Å². The molecule has 3 heteroatoms. The highest BCUT2D eigenvalue weighted by Crippen LogP contribution is 2.40. The Morgan fingerprint density at radius 3 is 2.30 bits per heavy atom. The van der Waals surface area contributed by atoms with Crippen molar-refractivity contribution in [3.05, 3.63) is 70.2 Å². The molecule has 0 atom stereocenters. The highest BCUT2D eigenvalue weighted by Gasteiger charge is 2.43. The predicted octanol–water partition coefficient (Wildman–Crippen LogP) is 3.75. The van der Waals surface area contributed by atoms with E-state index in [0.717, 1.165) is 16.7 Å². The minimum Gasteiger partial charge on any atom is -0.481 e. The molecular weight excluding hydrogens is 272 g/mol. The van der Waals surface area contributed by atoms with Gasteiger partial charge in [0.1, 0.15) is 0 Å². The number of hydrogen-bond acceptors (Lipinski definition) is 1. The minimum absolute atomic E-state index is 0.511. The number of carboxylic acids is 1. The van der Waals surface area contributed by atoms with E-state index in [1.54, 1.807) is 0 Å². The van der Waals surface area contributed by atoms with Crippen LogP contribution in [-0.2, 0) is 24.1 Å². The third kappa shape index (κ3) is 2.32. The number of hydrogen-bond donors (Lipinski definition) is 1. The van der Waals surface area contributed by atoms with Gasteiger partial charge in [-0.15, -0.1) is 0 Å². The van der Waals surface area contributed by atoms with Crippen molar-refractivity contribution in [1.29, 1.82) is 0 Å². The molecule has 2 nitrogen and oxygen atoms in total. The number of halogens is 1. The van der Waals surface area contributed by atoms with E-state index in [0.29, 0.717) is 24.3 Å². The fourth-order valence-corrected chi connectivity index (χ4v) is 3.30. The predicted molar refractivity (Wildman–Crippen MR) is 79.1 cm³/mol. The van der Waals surface area contributed by atoms with Crippen LogP contribution in [0.5, 0.6) is 0 Å². The van der Waals surface area contributed by atoms with Crippen LogP contribution < -0.4 is 0 Å². The number of carboxylic acid groups (broad SMARTS) is 1. The van der Waals surface area contributed by atoms with Crippen molar-refractivity contribution in [1.82, 2.24) is 0 Å². The second-order valence-corrected chi connectivity index (χ2v) is 5.95. The molecule has 0 fully saturated rings. The summed E-state index contributed by atoms with van der Waals surface area (Å²) in [5.41, 5.74) is 2.54. The molecule has 0 saturated carbocycles. The largest absolute Gasteiger partial charge is 0.481 e. The molecule has 2 aromatic rings. The van der Waals surface area contributed by atoms with Crippen LogP contribution in [0.1, 0.15) is 16.7 Å². The second kappa shape index (κ2) is 4.95. The smallest absolute Gasteiger partial charge is 0.310 e. The highest BCUT2D eigenvalue weighted by atomic mass is 35.5. The quantitative estimate of drug-likeness (QED) is 0.933. The molecule has 0 spiro atoms. The van der Waals surface area contributed by atoms with Crippen LogP contribution in [-0.4, -0.2) is 11.1 Å². The van der Waals surface area contributed by atoms with Crippen LogP contribution >= 0.6 is 11.6 Å². The van der Waals surface area contributed by atoms with E-state index in [4.69, 9.17) is 11.6 Å². The average molecular weight is 287 g/mol. The zero-order valence-electron chi connectivity index (χ0n) is 11.0. The third-order valence-electron chi connectivity index (χ3n) is 4.06. The van der Waals surface area contributed by atoms with Gasteiger partial charge in [0.05, 0.1) is 5.41 Å². The topological polar surface area (TPSA) is 37.3 Å². The molecule has 0 saturated heterocycles. The fourth-order valence-electron chi connectivity index (χ4n) is 3.08. The van der Waals surface area contributed by atoms with E-state index in [1.165, 1.54) is 0 Å². The van der Waals surface area contributed by atoms with Gasteiger partial charge >= 0.3 is 5.97 Å². The maximum atomic E-state index is 11.8. The molecule has 0 radical (unpaired) electrons. The summed E-state index contributed by atoms with van der Waals surface area (Å²) in [4.78, 5) is 11.8. The van der Waals surface area contributed by atoms with Crippen molar-refractivity contribution in [2.24, 2.45) is 5.41 Å². The second-order valence-electron chi connectivity index (χ2n) is 5.51. The molecule has 1 aliphatic rings. The highest BCUT2D eigenvalue weighted by molar-refractivity contribution is 6.30. The zero-order valence-corrected chi connectivity index (χ0v) is 11.7. The van der Waals surface area contributed by atoms with E-state index in [1.807, 2.05) is 48.5 Å². The Bertz CT molecular complexity index is 639. The molecular formula is C17H15ClO2. The summed E-state index contributed by atoms with van der Waals surface area (Å²) >= 11 is 6.00. The zero-order chi connectivity index (χ0) is 14.2. The van der Waals surface area contributed by atoms with Crippen LogP contribution in [0.15, 0.2) is 48.5 Å². The summed E-state index contributed by atoms with van der Waals surface area (Å²) in [6, 6.07) is 15.5. The van der Waals surface area contributed by atoms with Gasteiger partial charge in [-0.1, -0.05) is 48.0 Å². The third-order valence-corrected chi connectivity index (χ3v) is 4.30. The lowest BCUT2D eigenvalue weighted by molar-refractivity contribution is -0.148. The molecule has 3 rings (SSSR count). The van der Waals surface area contributed by atoms with Crippen molar-refractivity contribution >= 4 is 17.6 Å². The normalized spacial score (nSPS) is 15.8. The van der Waals surface area contributed by atoms with Crippen molar-refractivity contribution in [3.63, 3.8) is 0 Å². The van der Waals surface area contributed by atoms with Gasteiger partial charge in [0.2, 0.25) is 0 Å². The van der Waals surface area contributed by atoms with Crippen LogP contribution in [0.2, 0.25) is 5.02 Å². The molecule has 0 heterocycles. The molecule has 0 bridgehead atoms. The maximum absolute atomic E-state index is 11.8. The van der Waals surface area contributed by atoms with Gasteiger partial charge in [0.15, 0.2) is 0 Å². The van der Waals surface area contributed by atoms with Gasteiger partial charge < -0.3 is 5.11 Å². The first-order chi connectivity index (χ1) is 9.59. The Balaban J connectivity index is 1.94. The number of benzene rings is 2.